The molecule has 0 aliphatic heterocycles. The maximum absolute atomic E-state index is 12.0. The SMILES string of the molecule is CCOc1cccc(C(C)NC(=O)CCNc2ncccn2)c1. The third kappa shape index (κ3) is 5.58. The molecule has 1 atom stereocenters. The average molecular weight is 314 g/mol. The summed E-state index contributed by atoms with van der Waals surface area (Å²) in [6, 6.07) is 9.43. The zero-order valence-corrected chi connectivity index (χ0v) is 13.5. The lowest BCUT2D eigenvalue weighted by Gasteiger charge is -2.15. The van der Waals surface area contributed by atoms with Crippen LogP contribution in [0.5, 0.6) is 5.75 Å². The summed E-state index contributed by atoms with van der Waals surface area (Å²) >= 11 is 0. The van der Waals surface area contributed by atoms with Crippen molar-refractivity contribution >= 4 is 11.9 Å². The maximum atomic E-state index is 12.0. The van der Waals surface area contributed by atoms with Gasteiger partial charge in [0.15, 0.2) is 0 Å². The van der Waals surface area contributed by atoms with E-state index in [1.807, 2.05) is 38.1 Å². The lowest BCUT2D eigenvalue weighted by molar-refractivity contribution is -0.121. The summed E-state index contributed by atoms with van der Waals surface area (Å²) in [5.74, 6) is 1.31. The Morgan fingerprint density at radius 1 is 1.26 bits per heavy atom. The van der Waals surface area contributed by atoms with Gasteiger partial charge in [-0.25, -0.2) is 9.97 Å². The number of carbonyl (C=O) groups is 1. The topological polar surface area (TPSA) is 76.1 Å². The molecular formula is C17H22N4O2. The fourth-order valence-corrected chi connectivity index (χ4v) is 2.12. The minimum Gasteiger partial charge on any atom is -0.494 e. The summed E-state index contributed by atoms with van der Waals surface area (Å²) in [4.78, 5) is 20.1. The van der Waals surface area contributed by atoms with Gasteiger partial charge >= 0.3 is 0 Å². The van der Waals surface area contributed by atoms with Crippen LogP contribution in [0, 0.1) is 0 Å². The highest BCUT2D eigenvalue weighted by atomic mass is 16.5. The van der Waals surface area contributed by atoms with E-state index >= 15 is 0 Å². The Morgan fingerprint density at radius 3 is 2.78 bits per heavy atom. The molecule has 6 nitrogen and oxygen atoms in total. The summed E-state index contributed by atoms with van der Waals surface area (Å²) in [6.07, 6.45) is 3.67. The monoisotopic (exact) mass is 314 g/mol. The van der Waals surface area contributed by atoms with Crippen LogP contribution in [-0.4, -0.2) is 29.0 Å². The van der Waals surface area contributed by atoms with Gasteiger partial charge in [0.2, 0.25) is 11.9 Å². The van der Waals surface area contributed by atoms with E-state index in [1.165, 1.54) is 0 Å². The van der Waals surface area contributed by atoms with E-state index < -0.39 is 0 Å². The highest BCUT2D eigenvalue weighted by molar-refractivity contribution is 5.76. The normalized spacial score (nSPS) is 11.6. The van der Waals surface area contributed by atoms with Crippen LogP contribution in [0.2, 0.25) is 0 Å². The summed E-state index contributed by atoms with van der Waals surface area (Å²) in [6.45, 7) is 5.01. The molecule has 0 bridgehead atoms. The number of hydrogen-bond acceptors (Lipinski definition) is 5. The number of nitrogens with zero attached hydrogens (tertiary/aromatic N) is 2. The largest absolute Gasteiger partial charge is 0.494 e. The van der Waals surface area contributed by atoms with Gasteiger partial charge in [0.05, 0.1) is 12.6 Å². The van der Waals surface area contributed by atoms with Crippen molar-refractivity contribution in [2.75, 3.05) is 18.5 Å². The van der Waals surface area contributed by atoms with Crippen LogP contribution >= 0.6 is 0 Å². The molecule has 0 spiro atoms. The van der Waals surface area contributed by atoms with E-state index in [2.05, 4.69) is 20.6 Å². The average Bonchev–Trinajstić information content (AvgIpc) is 2.56. The molecule has 0 aliphatic rings. The van der Waals surface area contributed by atoms with Crippen molar-refractivity contribution in [3.8, 4) is 5.75 Å². The molecule has 0 saturated heterocycles. The predicted octanol–water partition coefficient (Wildman–Crippen LogP) is 2.55. The standard InChI is InChI=1S/C17H22N4O2/c1-3-23-15-7-4-6-14(12-15)13(2)21-16(22)8-11-20-17-18-9-5-10-19-17/h4-7,9-10,12-13H,3,8,11H2,1-2H3,(H,21,22)(H,18,19,20). The van der Waals surface area contributed by atoms with E-state index in [-0.39, 0.29) is 11.9 Å². The number of amides is 1. The summed E-state index contributed by atoms with van der Waals surface area (Å²) in [5, 5.41) is 5.99. The summed E-state index contributed by atoms with van der Waals surface area (Å²) in [7, 11) is 0. The van der Waals surface area contributed by atoms with Crippen molar-refractivity contribution in [3.63, 3.8) is 0 Å². The molecule has 1 aromatic heterocycles. The van der Waals surface area contributed by atoms with Gasteiger partial charge < -0.3 is 15.4 Å². The lowest BCUT2D eigenvalue weighted by atomic mass is 10.1. The van der Waals surface area contributed by atoms with Gasteiger partial charge in [-0.05, 0) is 37.6 Å². The second kappa shape index (κ2) is 8.73. The molecule has 23 heavy (non-hydrogen) atoms. The van der Waals surface area contributed by atoms with Crippen LogP contribution in [-0.2, 0) is 4.79 Å². The lowest BCUT2D eigenvalue weighted by Crippen LogP contribution is -2.28. The Hall–Kier alpha value is -2.63. The van der Waals surface area contributed by atoms with Crippen molar-refractivity contribution in [1.82, 2.24) is 15.3 Å². The first-order valence-electron chi connectivity index (χ1n) is 7.72. The summed E-state index contributed by atoms with van der Waals surface area (Å²) < 4.78 is 5.48. The van der Waals surface area contributed by atoms with Gasteiger partial charge in [-0.1, -0.05) is 12.1 Å². The molecule has 6 heteroatoms. The number of aromatic nitrogens is 2. The number of ether oxygens (including phenoxy) is 1. The fourth-order valence-electron chi connectivity index (χ4n) is 2.12. The van der Waals surface area contributed by atoms with Gasteiger partial charge in [0.25, 0.3) is 0 Å². The number of benzene rings is 1. The molecule has 0 aliphatic carbocycles. The molecular weight excluding hydrogens is 292 g/mol. The minimum absolute atomic E-state index is 0.0252. The van der Waals surface area contributed by atoms with Crippen LogP contribution in [0.25, 0.3) is 0 Å². The Bertz CT molecular complexity index is 619. The van der Waals surface area contributed by atoms with Gasteiger partial charge in [-0.15, -0.1) is 0 Å². The van der Waals surface area contributed by atoms with Gasteiger partial charge in [-0.3, -0.25) is 4.79 Å². The van der Waals surface area contributed by atoms with E-state index in [0.717, 1.165) is 11.3 Å². The van der Waals surface area contributed by atoms with Crippen molar-refractivity contribution in [2.24, 2.45) is 0 Å². The van der Waals surface area contributed by atoms with Crippen molar-refractivity contribution in [3.05, 3.63) is 48.3 Å². The number of hydrogen-bond donors (Lipinski definition) is 2. The van der Waals surface area contributed by atoms with Crippen LogP contribution < -0.4 is 15.4 Å². The molecule has 2 N–H and O–H groups in total. The van der Waals surface area contributed by atoms with Crippen molar-refractivity contribution < 1.29 is 9.53 Å². The van der Waals surface area contributed by atoms with Gasteiger partial charge in [-0.2, -0.15) is 0 Å². The highest BCUT2D eigenvalue weighted by Crippen LogP contribution is 2.19. The molecule has 1 unspecified atom stereocenters. The Kier molecular flexibility index (Phi) is 6.35. The summed E-state index contributed by atoms with van der Waals surface area (Å²) in [5.41, 5.74) is 1.02. The minimum atomic E-state index is -0.0733. The van der Waals surface area contributed by atoms with E-state index in [4.69, 9.17) is 4.74 Å². The Labute approximate surface area is 136 Å². The molecule has 0 saturated carbocycles. The number of rotatable bonds is 8. The van der Waals surface area contributed by atoms with Crippen molar-refractivity contribution in [2.45, 2.75) is 26.3 Å². The fraction of sp³-hybridized carbons (Fsp3) is 0.353. The third-order valence-corrected chi connectivity index (χ3v) is 3.25. The number of nitrogens with one attached hydrogen (secondary N) is 2. The quantitative estimate of drug-likeness (QED) is 0.783. The second-order valence-corrected chi connectivity index (χ2v) is 5.04. The van der Waals surface area contributed by atoms with E-state index in [9.17, 15) is 4.79 Å². The zero-order valence-electron chi connectivity index (χ0n) is 13.5. The number of anilines is 1. The smallest absolute Gasteiger partial charge is 0.222 e. The Morgan fingerprint density at radius 2 is 2.04 bits per heavy atom. The molecule has 0 fully saturated rings. The molecule has 1 heterocycles. The van der Waals surface area contributed by atoms with Crippen LogP contribution in [0.3, 0.4) is 0 Å². The van der Waals surface area contributed by atoms with Gasteiger partial charge in [0, 0.05) is 25.4 Å². The first-order valence-corrected chi connectivity index (χ1v) is 7.72. The van der Waals surface area contributed by atoms with Crippen LogP contribution in [0.1, 0.15) is 31.9 Å². The second-order valence-electron chi connectivity index (χ2n) is 5.04. The van der Waals surface area contributed by atoms with Crippen LogP contribution in [0.4, 0.5) is 5.95 Å². The zero-order chi connectivity index (χ0) is 16.5. The van der Waals surface area contributed by atoms with Gasteiger partial charge in [0.1, 0.15) is 5.75 Å². The first-order chi connectivity index (χ1) is 11.2. The number of carbonyl (C=O) groups excluding carboxylic acids is 1. The predicted molar refractivity (Wildman–Crippen MR) is 89.3 cm³/mol. The van der Waals surface area contributed by atoms with Crippen molar-refractivity contribution in [1.29, 1.82) is 0 Å². The molecule has 1 aromatic carbocycles. The van der Waals surface area contributed by atoms with E-state index in [0.29, 0.717) is 25.5 Å². The first kappa shape index (κ1) is 16.7. The highest BCUT2D eigenvalue weighted by Gasteiger charge is 2.10. The molecule has 122 valence electrons. The molecule has 1 amide bonds. The maximum Gasteiger partial charge on any atom is 0.222 e. The third-order valence-electron chi connectivity index (χ3n) is 3.25. The Balaban J connectivity index is 1.79. The molecule has 0 radical (unpaired) electrons. The molecule has 2 rings (SSSR count). The van der Waals surface area contributed by atoms with Crippen LogP contribution in [0.15, 0.2) is 42.7 Å². The molecule has 2 aromatic rings. The van der Waals surface area contributed by atoms with E-state index in [1.54, 1.807) is 18.5 Å².